The van der Waals surface area contributed by atoms with Gasteiger partial charge in [0, 0.05) is 11.6 Å². The van der Waals surface area contributed by atoms with Gasteiger partial charge in [-0.2, -0.15) is 0 Å². The summed E-state index contributed by atoms with van der Waals surface area (Å²) in [6.45, 7) is 1.91. The molecule has 0 bridgehead atoms. The molecule has 0 amide bonds. The van der Waals surface area contributed by atoms with Crippen LogP contribution < -0.4 is 10.5 Å². The molecule has 5 nitrogen and oxygen atoms in total. The van der Waals surface area contributed by atoms with Crippen molar-refractivity contribution in [3.63, 3.8) is 0 Å². The van der Waals surface area contributed by atoms with Crippen molar-refractivity contribution >= 4 is 15.8 Å². The highest BCUT2D eigenvalue weighted by Crippen LogP contribution is 2.25. The van der Waals surface area contributed by atoms with Crippen molar-refractivity contribution in [3.8, 4) is 0 Å². The number of rotatable bonds is 5. The van der Waals surface area contributed by atoms with Crippen LogP contribution in [-0.2, 0) is 10.0 Å². The first-order valence-electron chi connectivity index (χ1n) is 7.27. The number of carbonyl (C=O) groups is 1. The third kappa shape index (κ3) is 3.90. The number of sulfonamides is 1. The van der Waals surface area contributed by atoms with Crippen LogP contribution in [0, 0.1) is 5.92 Å². The van der Waals surface area contributed by atoms with Crippen molar-refractivity contribution in [1.29, 1.82) is 0 Å². The summed E-state index contributed by atoms with van der Waals surface area (Å²) in [5.41, 5.74) is 6.14. The van der Waals surface area contributed by atoms with E-state index < -0.39 is 10.0 Å². The summed E-state index contributed by atoms with van der Waals surface area (Å²) in [4.78, 5) is 11.5. The van der Waals surface area contributed by atoms with Crippen LogP contribution in [0.5, 0.6) is 0 Å². The number of Topliss-reactive ketones (excluding diaryl/α,β-unsaturated/α-hetero) is 1. The summed E-state index contributed by atoms with van der Waals surface area (Å²) in [7, 11) is -3.62. The Morgan fingerprint density at radius 2 is 2.05 bits per heavy atom. The van der Waals surface area contributed by atoms with Gasteiger partial charge in [-0.05, 0) is 44.4 Å². The van der Waals surface area contributed by atoms with Gasteiger partial charge in [0.15, 0.2) is 5.78 Å². The van der Waals surface area contributed by atoms with Gasteiger partial charge in [0.2, 0.25) is 10.0 Å². The predicted molar refractivity (Wildman–Crippen MR) is 81.6 cm³/mol. The van der Waals surface area contributed by atoms with E-state index in [9.17, 15) is 13.2 Å². The van der Waals surface area contributed by atoms with E-state index in [1.807, 2.05) is 0 Å². The molecule has 1 fully saturated rings. The van der Waals surface area contributed by atoms with E-state index in [-0.39, 0.29) is 22.6 Å². The maximum Gasteiger partial charge on any atom is 0.240 e. The molecule has 2 rings (SSSR count). The molecule has 0 saturated heterocycles. The number of nitrogens with one attached hydrogen (secondary N) is 1. The quantitative estimate of drug-likeness (QED) is 0.810. The topological polar surface area (TPSA) is 89.3 Å². The molecule has 0 spiro atoms. The summed E-state index contributed by atoms with van der Waals surface area (Å²) in [6, 6.07) is 6.02. The van der Waals surface area contributed by atoms with Gasteiger partial charge in [0.05, 0.1) is 4.90 Å². The average Bonchev–Trinajstić information content (AvgIpc) is 2.47. The second-order valence-electron chi connectivity index (χ2n) is 5.59. The van der Waals surface area contributed by atoms with Crippen LogP contribution in [0.1, 0.15) is 43.0 Å². The first-order chi connectivity index (χ1) is 9.94. The Morgan fingerprint density at radius 3 is 2.71 bits per heavy atom. The average molecular weight is 310 g/mol. The molecule has 1 aromatic rings. The molecule has 0 aromatic heterocycles. The Kier molecular flexibility index (Phi) is 5.13. The maximum atomic E-state index is 12.5. The van der Waals surface area contributed by atoms with E-state index >= 15 is 0 Å². The fourth-order valence-corrected chi connectivity index (χ4v) is 4.18. The highest BCUT2D eigenvalue weighted by Gasteiger charge is 2.28. The summed E-state index contributed by atoms with van der Waals surface area (Å²) in [5, 5.41) is 0. The lowest BCUT2D eigenvalue weighted by molar-refractivity contribution is 0.101. The molecule has 1 saturated carbocycles. The smallest absolute Gasteiger partial charge is 0.240 e. The first kappa shape index (κ1) is 16.1. The van der Waals surface area contributed by atoms with Crippen molar-refractivity contribution in [2.75, 3.05) is 6.54 Å². The summed E-state index contributed by atoms with van der Waals surface area (Å²) in [5.74, 6) is 0.0362. The fraction of sp³-hybridized carbons (Fsp3) is 0.533. The van der Waals surface area contributed by atoms with Crippen molar-refractivity contribution in [2.24, 2.45) is 11.7 Å². The largest absolute Gasteiger partial charge is 0.330 e. The number of hydrogen-bond acceptors (Lipinski definition) is 4. The third-order valence-electron chi connectivity index (χ3n) is 4.07. The molecule has 3 N–H and O–H groups in total. The lowest BCUT2D eigenvalue weighted by Gasteiger charge is -2.31. The molecule has 0 aliphatic heterocycles. The molecule has 1 aliphatic carbocycles. The Hall–Kier alpha value is -1.24. The Morgan fingerprint density at radius 1 is 1.33 bits per heavy atom. The van der Waals surface area contributed by atoms with Crippen LogP contribution in [0.15, 0.2) is 29.2 Å². The molecule has 0 heterocycles. The van der Waals surface area contributed by atoms with E-state index in [2.05, 4.69) is 4.72 Å². The number of ketones is 1. The standard InChI is InChI=1S/C15H22N2O3S/c1-11(18)12-6-4-7-14(9-12)21(19,20)17-15-8-3-2-5-13(15)10-16/h4,6-7,9,13,15,17H,2-3,5,8,10,16H2,1H3. The van der Waals surface area contributed by atoms with E-state index in [1.54, 1.807) is 12.1 Å². The molecule has 21 heavy (non-hydrogen) atoms. The van der Waals surface area contributed by atoms with Crippen LogP contribution in [-0.4, -0.2) is 26.8 Å². The Labute approximate surface area is 126 Å². The van der Waals surface area contributed by atoms with Gasteiger partial charge in [-0.15, -0.1) is 0 Å². The van der Waals surface area contributed by atoms with E-state index in [1.165, 1.54) is 19.1 Å². The van der Waals surface area contributed by atoms with E-state index in [4.69, 9.17) is 5.73 Å². The van der Waals surface area contributed by atoms with E-state index in [0.717, 1.165) is 25.7 Å². The molecule has 0 radical (unpaired) electrons. The predicted octanol–water partition coefficient (Wildman–Crippen LogP) is 1.69. The molecule has 1 aliphatic rings. The number of nitrogens with two attached hydrogens (primary N) is 1. The zero-order valence-corrected chi connectivity index (χ0v) is 13.0. The van der Waals surface area contributed by atoms with Gasteiger partial charge < -0.3 is 5.73 Å². The summed E-state index contributed by atoms with van der Waals surface area (Å²) in [6.07, 6.45) is 3.88. The fourth-order valence-electron chi connectivity index (χ4n) is 2.79. The second kappa shape index (κ2) is 6.68. The van der Waals surface area contributed by atoms with Gasteiger partial charge in [-0.1, -0.05) is 25.0 Å². The molecule has 116 valence electrons. The van der Waals surface area contributed by atoms with Gasteiger partial charge in [0.25, 0.3) is 0 Å². The first-order valence-corrected chi connectivity index (χ1v) is 8.76. The Balaban J connectivity index is 2.21. The number of benzene rings is 1. The van der Waals surface area contributed by atoms with Crippen molar-refractivity contribution in [3.05, 3.63) is 29.8 Å². The normalized spacial score (nSPS) is 23.0. The molecule has 1 aromatic carbocycles. The molecular formula is C15H22N2O3S. The van der Waals surface area contributed by atoms with Crippen LogP contribution in [0.3, 0.4) is 0 Å². The third-order valence-corrected chi connectivity index (χ3v) is 5.56. The molecular weight excluding hydrogens is 288 g/mol. The van der Waals surface area contributed by atoms with Gasteiger partial charge in [-0.25, -0.2) is 13.1 Å². The van der Waals surface area contributed by atoms with Crippen LogP contribution in [0.4, 0.5) is 0 Å². The molecule has 2 unspecified atom stereocenters. The molecule has 2 atom stereocenters. The van der Waals surface area contributed by atoms with Gasteiger partial charge >= 0.3 is 0 Å². The number of carbonyl (C=O) groups excluding carboxylic acids is 1. The van der Waals surface area contributed by atoms with Crippen LogP contribution >= 0.6 is 0 Å². The van der Waals surface area contributed by atoms with Crippen LogP contribution in [0.2, 0.25) is 0 Å². The van der Waals surface area contributed by atoms with Crippen molar-refractivity contribution in [2.45, 2.75) is 43.5 Å². The maximum absolute atomic E-state index is 12.5. The highest BCUT2D eigenvalue weighted by molar-refractivity contribution is 7.89. The number of hydrogen-bond donors (Lipinski definition) is 2. The minimum atomic E-state index is -3.62. The van der Waals surface area contributed by atoms with Crippen LogP contribution in [0.25, 0.3) is 0 Å². The lowest BCUT2D eigenvalue weighted by atomic mass is 9.85. The SMILES string of the molecule is CC(=O)c1cccc(S(=O)(=O)NC2CCCCC2CN)c1. The van der Waals surface area contributed by atoms with Gasteiger partial charge in [0.1, 0.15) is 0 Å². The summed E-state index contributed by atoms with van der Waals surface area (Å²) < 4.78 is 27.7. The van der Waals surface area contributed by atoms with Crippen molar-refractivity contribution < 1.29 is 13.2 Å². The van der Waals surface area contributed by atoms with Crippen molar-refractivity contribution in [1.82, 2.24) is 4.72 Å². The lowest BCUT2D eigenvalue weighted by Crippen LogP contribution is -2.44. The Bertz CT molecular complexity index is 613. The molecule has 6 heteroatoms. The van der Waals surface area contributed by atoms with E-state index in [0.29, 0.717) is 12.1 Å². The minimum Gasteiger partial charge on any atom is -0.330 e. The highest BCUT2D eigenvalue weighted by atomic mass is 32.2. The second-order valence-corrected chi connectivity index (χ2v) is 7.31. The monoisotopic (exact) mass is 310 g/mol. The van der Waals surface area contributed by atoms with Gasteiger partial charge in [-0.3, -0.25) is 4.79 Å². The zero-order chi connectivity index (χ0) is 15.5. The zero-order valence-electron chi connectivity index (χ0n) is 12.2. The minimum absolute atomic E-state index is 0.116. The summed E-state index contributed by atoms with van der Waals surface area (Å²) >= 11 is 0.